The van der Waals surface area contributed by atoms with Crippen molar-refractivity contribution in [2.45, 2.75) is 6.92 Å². The largest absolute Gasteiger partial charge is 0.494 e. The Hall–Kier alpha value is -2.30. The predicted molar refractivity (Wildman–Crippen MR) is 65.0 cm³/mol. The van der Waals surface area contributed by atoms with E-state index < -0.39 is 5.97 Å². The Morgan fingerprint density at radius 2 is 2.11 bits per heavy atom. The van der Waals surface area contributed by atoms with Gasteiger partial charge in [0.2, 0.25) is 5.76 Å². The van der Waals surface area contributed by atoms with Crippen molar-refractivity contribution in [2.24, 2.45) is 0 Å². The summed E-state index contributed by atoms with van der Waals surface area (Å²) in [6.07, 6.45) is 0. The first-order valence-corrected chi connectivity index (χ1v) is 5.44. The van der Waals surface area contributed by atoms with Gasteiger partial charge in [-0.15, -0.1) is 0 Å². The molecule has 0 aliphatic heterocycles. The maximum absolute atomic E-state index is 11.8. The van der Waals surface area contributed by atoms with E-state index in [1.807, 2.05) is 6.92 Å². The van der Waals surface area contributed by atoms with Gasteiger partial charge in [-0.2, -0.15) is 0 Å². The summed E-state index contributed by atoms with van der Waals surface area (Å²) in [5.74, 6) is -0.227. The Morgan fingerprint density at radius 1 is 1.33 bits per heavy atom. The molecule has 0 saturated carbocycles. The number of carbonyl (C=O) groups is 1. The Labute approximate surface area is 103 Å². The third-order valence-corrected chi connectivity index (χ3v) is 2.40. The molecule has 0 unspecified atom stereocenters. The van der Waals surface area contributed by atoms with Gasteiger partial charge in [-0.05, 0) is 19.1 Å². The van der Waals surface area contributed by atoms with E-state index in [9.17, 15) is 9.59 Å². The van der Waals surface area contributed by atoms with Gasteiger partial charge in [-0.1, -0.05) is 0 Å². The fourth-order valence-corrected chi connectivity index (χ4v) is 1.59. The summed E-state index contributed by atoms with van der Waals surface area (Å²) in [6.45, 7) is 2.36. The normalized spacial score (nSPS) is 10.3. The number of ether oxygens (including phenoxy) is 2. The zero-order valence-electron chi connectivity index (χ0n) is 10.1. The molecule has 0 aliphatic carbocycles. The molecule has 1 aromatic heterocycles. The molecule has 94 valence electrons. The van der Waals surface area contributed by atoms with Gasteiger partial charge in [-0.25, -0.2) is 4.79 Å². The number of hydrogen-bond acceptors (Lipinski definition) is 5. The average Bonchev–Trinajstić information content (AvgIpc) is 2.37. The monoisotopic (exact) mass is 248 g/mol. The molecule has 0 aliphatic rings. The molecule has 0 fully saturated rings. The number of methoxy groups -OCH3 is 1. The number of benzene rings is 1. The zero-order valence-corrected chi connectivity index (χ0v) is 10.1. The van der Waals surface area contributed by atoms with E-state index in [4.69, 9.17) is 9.15 Å². The molecule has 0 saturated heterocycles. The third-order valence-electron chi connectivity index (χ3n) is 2.40. The molecule has 18 heavy (non-hydrogen) atoms. The van der Waals surface area contributed by atoms with E-state index in [-0.39, 0.29) is 11.2 Å². The molecule has 5 heteroatoms. The van der Waals surface area contributed by atoms with Crippen molar-refractivity contribution < 1.29 is 18.7 Å². The standard InChI is InChI=1S/C13H12O5/c1-3-17-8-4-5-9-10(14)7-12(13(15)16-2)18-11(9)6-8/h4-7H,3H2,1-2H3. The summed E-state index contributed by atoms with van der Waals surface area (Å²) in [7, 11) is 1.23. The molecule has 5 nitrogen and oxygen atoms in total. The lowest BCUT2D eigenvalue weighted by molar-refractivity contribution is 0.0565. The Kier molecular flexibility index (Phi) is 3.32. The molecular weight excluding hydrogens is 236 g/mol. The number of hydrogen-bond donors (Lipinski definition) is 0. The van der Waals surface area contributed by atoms with Gasteiger partial charge in [0.1, 0.15) is 11.3 Å². The van der Waals surface area contributed by atoms with E-state index in [1.54, 1.807) is 18.2 Å². The van der Waals surface area contributed by atoms with E-state index >= 15 is 0 Å². The van der Waals surface area contributed by atoms with Gasteiger partial charge in [0, 0.05) is 12.1 Å². The van der Waals surface area contributed by atoms with Gasteiger partial charge in [0.05, 0.1) is 19.1 Å². The van der Waals surface area contributed by atoms with E-state index in [0.29, 0.717) is 23.3 Å². The highest BCUT2D eigenvalue weighted by Crippen LogP contribution is 2.19. The average molecular weight is 248 g/mol. The summed E-state index contributed by atoms with van der Waals surface area (Å²) in [6, 6.07) is 5.98. The summed E-state index contributed by atoms with van der Waals surface area (Å²) in [4.78, 5) is 23.1. The summed E-state index contributed by atoms with van der Waals surface area (Å²) in [5.41, 5.74) is 0.00792. The quantitative estimate of drug-likeness (QED) is 0.777. The van der Waals surface area contributed by atoms with Crippen LogP contribution in [0.1, 0.15) is 17.5 Å². The number of rotatable bonds is 3. The molecule has 0 N–H and O–H groups in total. The van der Waals surface area contributed by atoms with Crippen LogP contribution in [0.4, 0.5) is 0 Å². The molecule has 1 aromatic carbocycles. The van der Waals surface area contributed by atoms with E-state index in [2.05, 4.69) is 4.74 Å². The minimum Gasteiger partial charge on any atom is -0.494 e. The Morgan fingerprint density at radius 3 is 2.78 bits per heavy atom. The lowest BCUT2D eigenvalue weighted by Crippen LogP contribution is -2.08. The fraction of sp³-hybridized carbons (Fsp3) is 0.231. The summed E-state index contributed by atoms with van der Waals surface area (Å²) >= 11 is 0. The van der Waals surface area contributed by atoms with Crippen LogP contribution in [-0.4, -0.2) is 19.7 Å². The van der Waals surface area contributed by atoms with Crippen LogP contribution < -0.4 is 10.2 Å². The maximum Gasteiger partial charge on any atom is 0.374 e. The second-order valence-corrected chi connectivity index (χ2v) is 3.56. The van der Waals surface area contributed by atoms with Crippen LogP contribution >= 0.6 is 0 Å². The van der Waals surface area contributed by atoms with Crippen molar-refractivity contribution in [3.05, 3.63) is 40.2 Å². The summed E-state index contributed by atoms with van der Waals surface area (Å²) in [5, 5.41) is 0.395. The number of carbonyl (C=O) groups excluding carboxylic acids is 1. The molecule has 0 bridgehead atoms. The molecule has 1 heterocycles. The van der Waals surface area contributed by atoms with Crippen molar-refractivity contribution in [2.75, 3.05) is 13.7 Å². The second kappa shape index (κ2) is 4.91. The van der Waals surface area contributed by atoms with Gasteiger partial charge >= 0.3 is 5.97 Å². The maximum atomic E-state index is 11.8. The van der Waals surface area contributed by atoms with Crippen LogP contribution in [-0.2, 0) is 4.74 Å². The molecule has 2 aromatic rings. The van der Waals surface area contributed by atoms with Gasteiger partial charge < -0.3 is 13.9 Å². The molecule has 0 radical (unpaired) electrons. The zero-order chi connectivity index (χ0) is 13.1. The van der Waals surface area contributed by atoms with Crippen molar-refractivity contribution in [1.82, 2.24) is 0 Å². The van der Waals surface area contributed by atoms with Crippen molar-refractivity contribution >= 4 is 16.9 Å². The topological polar surface area (TPSA) is 65.7 Å². The predicted octanol–water partition coefficient (Wildman–Crippen LogP) is 1.98. The SMILES string of the molecule is CCOc1ccc2c(=O)cc(C(=O)OC)oc2c1. The molecule has 0 atom stereocenters. The van der Waals surface area contributed by atoms with Crippen LogP contribution in [0.3, 0.4) is 0 Å². The Balaban J connectivity index is 2.61. The third kappa shape index (κ3) is 2.20. The first-order valence-electron chi connectivity index (χ1n) is 5.44. The van der Waals surface area contributed by atoms with E-state index in [1.165, 1.54) is 7.11 Å². The van der Waals surface area contributed by atoms with Crippen LogP contribution in [0.15, 0.2) is 33.5 Å². The molecular formula is C13H12O5. The smallest absolute Gasteiger partial charge is 0.374 e. The van der Waals surface area contributed by atoms with Crippen LogP contribution in [0.25, 0.3) is 11.0 Å². The first-order chi connectivity index (χ1) is 8.65. The highest BCUT2D eigenvalue weighted by Gasteiger charge is 2.12. The van der Waals surface area contributed by atoms with Crippen molar-refractivity contribution in [3.63, 3.8) is 0 Å². The van der Waals surface area contributed by atoms with Crippen molar-refractivity contribution in [1.29, 1.82) is 0 Å². The second-order valence-electron chi connectivity index (χ2n) is 3.56. The lowest BCUT2D eigenvalue weighted by Gasteiger charge is -2.04. The molecule has 0 spiro atoms. The van der Waals surface area contributed by atoms with E-state index in [0.717, 1.165) is 6.07 Å². The van der Waals surface area contributed by atoms with Crippen molar-refractivity contribution in [3.8, 4) is 5.75 Å². The Bertz CT molecular complexity index is 641. The van der Waals surface area contributed by atoms with Crippen LogP contribution in [0, 0.1) is 0 Å². The minimum absolute atomic E-state index is 0.122. The lowest BCUT2D eigenvalue weighted by atomic mass is 10.2. The molecule has 2 rings (SSSR count). The van der Waals surface area contributed by atoms with Gasteiger partial charge in [0.25, 0.3) is 0 Å². The van der Waals surface area contributed by atoms with Crippen LogP contribution in [0.5, 0.6) is 5.75 Å². The van der Waals surface area contributed by atoms with Gasteiger partial charge in [-0.3, -0.25) is 4.79 Å². The minimum atomic E-state index is -0.684. The number of fused-ring (bicyclic) bond motifs is 1. The fourth-order valence-electron chi connectivity index (χ4n) is 1.59. The molecule has 0 amide bonds. The summed E-state index contributed by atoms with van der Waals surface area (Å²) < 4.78 is 15.1. The highest BCUT2D eigenvalue weighted by molar-refractivity contribution is 5.89. The van der Waals surface area contributed by atoms with Gasteiger partial charge in [0.15, 0.2) is 5.43 Å². The number of esters is 1. The van der Waals surface area contributed by atoms with Crippen LogP contribution in [0.2, 0.25) is 0 Å². The highest BCUT2D eigenvalue weighted by atomic mass is 16.5. The first kappa shape index (κ1) is 12.2.